The van der Waals surface area contributed by atoms with Crippen molar-refractivity contribution in [3.05, 3.63) is 58.1 Å². The predicted octanol–water partition coefficient (Wildman–Crippen LogP) is 3.74. The van der Waals surface area contributed by atoms with Crippen LogP contribution in [0.4, 0.5) is 0 Å². The fourth-order valence-corrected chi connectivity index (χ4v) is 2.93. The number of hydrogen-bond acceptors (Lipinski definition) is 3. The molecule has 0 N–H and O–H groups in total. The zero-order valence-corrected chi connectivity index (χ0v) is 12.2. The van der Waals surface area contributed by atoms with Crippen molar-refractivity contribution in [1.29, 1.82) is 0 Å². The molecule has 1 atom stereocenters. The van der Waals surface area contributed by atoms with Gasteiger partial charge in [0.25, 0.3) is 0 Å². The van der Waals surface area contributed by atoms with Crippen LogP contribution in [0.15, 0.2) is 30.3 Å². The molecule has 0 saturated heterocycles. The van der Waals surface area contributed by atoms with Crippen LogP contribution in [0, 0.1) is 0 Å². The fraction of sp³-hybridized carbons (Fsp3) is 0.375. The van der Waals surface area contributed by atoms with Gasteiger partial charge in [0, 0.05) is 17.9 Å². The largest absolute Gasteiger partial charge is 0.366 e. The lowest BCUT2D eigenvalue weighted by Crippen LogP contribution is -2.12. The smallest absolute Gasteiger partial charge is 0.163 e. The summed E-state index contributed by atoms with van der Waals surface area (Å²) < 4.78 is 5.85. The molecule has 20 heavy (non-hydrogen) atoms. The van der Waals surface area contributed by atoms with Crippen LogP contribution in [-0.2, 0) is 17.6 Å². The molecule has 0 radical (unpaired) electrons. The Labute approximate surface area is 124 Å². The van der Waals surface area contributed by atoms with Crippen molar-refractivity contribution in [1.82, 2.24) is 9.97 Å². The van der Waals surface area contributed by atoms with Gasteiger partial charge in [0.15, 0.2) is 5.82 Å². The van der Waals surface area contributed by atoms with E-state index in [2.05, 4.69) is 9.97 Å². The summed E-state index contributed by atoms with van der Waals surface area (Å²) >= 11 is 6.30. The molecule has 0 bridgehead atoms. The number of ether oxygens (including phenoxy) is 1. The third-order valence-electron chi connectivity index (χ3n) is 3.57. The highest BCUT2D eigenvalue weighted by atomic mass is 35.5. The van der Waals surface area contributed by atoms with E-state index in [1.54, 1.807) is 0 Å². The summed E-state index contributed by atoms with van der Waals surface area (Å²) in [6, 6.07) is 10.0. The lowest BCUT2D eigenvalue weighted by atomic mass is 10.1. The third kappa shape index (κ3) is 2.56. The summed E-state index contributed by atoms with van der Waals surface area (Å²) in [5, 5.41) is 0.586. The molecular formula is C16H17ClN2O. The van der Waals surface area contributed by atoms with E-state index in [1.165, 1.54) is 0 Å². The standard InChI is InChI=1S/C16H17ClN2O/c1-2-20-14(11-7-4-3-5-8-11)16-18-13-10-6-9-12(13)15(17)19-16/h3-5,7-8,14H,2,6,9-10H2,1H3. The first-order valence-electron chi connectivity index (χ1n) is 7.01. The Balaban J connectivity index is 2.02. The Morgan fingerprint density at radius 3 is 2.75 bits per heavy atom. The zero-order chi connectivity index (χ0) is 13.9. The summed E-state index contributed by atoms with van der Waals surface area (Å²) in [5.74, 6) is 0.670. The molecular weight excluding hydrogens is 272 g/mol. The molecule has 1 aromatic carbocycles. The Morgan fingerprint density at radius 2 is 2.00 bits per heavy atom. The third-order valence-corrected chi connectivity index (χ3v) is 3.88. The second-order valence-corrected chi connectivity index (χ2v) is 5.26. The maximum Gasteiger partial charge on any atom is 0.163 e. The van der Waals surface area contributed by atoms with Gasteiger partial charge < -0.3 is 4.74 Å². The van der Waals surface area contributed by atoms with E-state index in [4.69, 9.17) is 16.3 Å². The molecule has 2 aromatic rings. The molecule has 0 fully saturated rings. The van der Waals surface area contributed by atoms with Gasteiger partial charge in [-0.25, -0.2) is 9.97 Å². The Morgan fingerprint density at radius 1 is 1.20 bits per heavy atom. The highest BCUT2D eigenvalue weighted by molar-refractivity contribution is 6.30. The Bertz CT molecular complexity index is 601. The van der Waals surface area contributed by atoms with Crippen LogP contribution >= 0.6 is 11.6 Å². The quantitative estimate of drug-likeness (QED) is 0.804. The number of hydrogen-bond donors (Lipinski definition) is 0. The van der Waals surface area contributed by atoms with Gasteiger partial charge in [-0.3, -0.25) is 0 Å². The molecule has 4 heteroatoms. The second kappa shape index (κ2) is 5.90. The van der Waals surface area contributed by atoms with Gasteiger partial charge in [-0.1, -0.05) is 41.9 Å². The normalized spacial score (nSPS) is 15.1. The Kier molecular flexibility index (Phi) is 3.99. The van der Waals surface area contributed by atoms with Crippen molar-refractivity contribution >= 4 is 11.6 Å². The van der Waals surface area contributed by atoms with Crippen LogP contribution in [-0.4, -0.2) is 16.6 Å². The number of aromatic nitrogens is 2. The van der Waals surface area contributed by atoms with Crippen molar-refractivity contribution in [3.63, 3.8) is 0 Å². The van der Waals surface area contributed by atoms with E-state index in [-0.39, 0.29) is 6.10 Å². The van der Waals surface area contributed by atoms with Gasteiger partial charge >= 0.3 is 0 Å². The van der Waals surface area contributed by atoms with Gasteiger partial charge in [-0.2, -0.15) is 0 Å². The molecule has 0 aliphatic heterocycles. The number of nitrogens with zero attached hydrogens (tertiary/aromatic N) is 2. The molecule has 1 aliphatic rings. The molecule has 104 valence electrons. The lowest BCUT2D eigenvalue weighted by Gasteiger charge is -2.17. The number of fused-ring (bicyclic) bond motifs is 1. The summed E-state index contributed by atoms with van der Waals surface area (Å²) in [5.41, 5.74) is 3.25. The zero-order valence-electron chi connectivity index (χ0n) is 11.5. The maximum atomic E-state index is 6.30. The molecule has 0 amide bonds. The van der Waals surface area contributed by atoms with Crippen LogP contribution in [0.3, 0.4) is 0 Å². The van der Waals surface area contributed by atoms with Crippen molar-refractivity contribution in [2.45, 2.75) is 32.3 Å². The van der Waals surface area contributed by atoms with Crippen molar-refractivity contribution in [3.8, 4) is 0 Å². The molecule has 1 aliphatic carbocycles. The minimum Gasteiger partial charge on any atom is -0.366 e. The maximum absolute atomic E-state index is 6.30. The van der Waals surface area contributed by atoms with Gasteiger partial charge in [0.05, 0.1) is 0 Å². The number of aryl methyl sites for hydroxylation is 1. The first-order valence-corrected chi connectivity index (χ1v) is 7.39. The molecule has 1 heterocycles. The SMILES string of the molecule is CCOC(c1ccccc1)c1nc(Cl)c2c(n1)CCC2. The van der Waals surface area contributed by atoms with E-state index >= 15 is 0 Å². The van der Waals surface area contributed by atoms with E-state index < -0.39 is 0 Å². The number of benzene rings is 1. The average Bonchev–Trinajstić information content (AvgIpc) is 2.94. The molecule has 1 unspecified atom stereocenters. The van der Waals surface area contributed by atoms with Gasteiger partial charge in [0.1, 0.15) is 11.3 Å². The van der Waals surface area contributed by atoms with E-state index in [1.807, 2.05) is 37.3 Å². The lowest BCUT2D eigenvalue weighted by molar-refractivity contribution is 0.0849. The summed E-state index contributed by atoms with van der Waals surface area (Å²) in [4.78, 5) is 9.16. The van der Waals surface area contributed by atoms with E-state index in [0.717, 1.165) is 36.1 Å². The van der Waals surface area contributed by atoms with Crippen LogP contribution in [0.1, 0.15) is 42.1 Å². The second-order valence-electron chi connectivity index (χ2n) is 4.90. The van der Waals surface area contributed by atoms with Gasteiger partial charge in [-0.15, -0.1) is 0 Å². The van der Waals surface area contributed by atoms with E-state index in [0.29, 0.717) is 17.6 Å². The fourth-order valence-electron chi connectivity index (χ4n) is 2.64. The van der Waals surface area contributed by atoms with E-state index in [9.17, 15) is 0 Å². The van der Waals surface area contributed by atoms with Crippen LogP contribution < -0.4 is 0 Å². The average molecular weight is 289 g/mol. The summed E-state index contributed by atoms with van der Waals surface area (Å²) in [6.07, 6.45) is 2.83. The van der Waals surface area contributed by atoms with Crippen LogP contribution in [0.5, 0.6) is 0 Å². The van der Waals surface area contributed by atoms with Gasteiger partial charge in [0.2, 0.25) is 0 Å². The topological polar surface area (TPSA) is 35.0 Å². The first-order chi connectivity index (χ1) is 9.79. The Hall–Kier alpha value is -1.45. The predicted molar refractivity (Wildman–Crippen MR) is 79.0 cm³/mol. The number of rotatable bonds is 4. The molecule has 1 aromatic heterocycles. The van der Waals surface area contributed by atoms with Crippen molar-refractivity contribution < 1.29 is 4.74 Å². The van der Waals surface area contributed by atoms with Crippen molar-refractivity contribution in [2.75, 3.05) is 6.61 Å². The first kappa shape index (κ1) is 13.5. The molecule has 3 rings (SSSR count). The van der Waals surface area contributed by atoms with Crippen molar-refractivity contribution in [2.24, 2.45) is 0 Å². The minimum atomic E-state index is -0.246. The molecule has 3 nitrogen and oxygen atoms in total. The van der Waals surface area contributed by atoms with Gasteiger partial charge in [-0.05, 0) is 31.7 Å². The highest BCUT2D eigenvalue weighted by Crippen LogP contribution is 2.30. The van der Waals surface area contributed by atoms with Crippen LogP contribution in [0.2, 0.25) is 5.15 Å². The highest BCUT2D eigenvalue weighted by Gasteiger charge is 2.23. The molecule has 0 saturated carbocycles. The number of halogens is 1. The van der Waals surface area contributed by atoms with Crippen LogP contribution in [0.25, 0.3) is 0 Å². The minimum absolute atomic E-state index is 0.246. The summed E-state index contributed by atoms with van der Waals surface area (Å²) in [6.45, 7) is 2.59. The summed E-state index contributed by atoms with van der Waals surface area (Å²) in [7, 11) is 0. The molecule has 0 spiro atoms. The monoisotopic (exact) mass is 288 g/mol.